The third-order valence-electron chi connectivity index (χ3n) is 5.39. The Morgan fingerprint density at radius 1 is 1.20 bits per heavy atom. The molecule has 130 valence electrons. The van der Waals surface area contributed by atoms with Crippen LogP contribution in [0.3, 0.4) is 0 Å². The lowest BCUT2D eigenvalue weighted by molar-refractivity contribution is 0.111. The first-order chi connectivity index (χ1) is 12.2. The SMILES string of the molecule is COc1ccc(C=O)cc1CN1C[C@@H]2C[C@@H](C1)c1cccc(=O)n1C2. The molecule has 2 atom stereocenters. The largest absolute Gasteiger partial charge is 0.496 e. The van der Waals surface area contributed by atoms with E-state index in [4.69, 9.17) is 4.74 Å². The van der Waals surface area contributed by atoms with Crippen molar-refractivity contribution < 1.29 is 9.53 Å². The number of fused-ring (bicyclic) bond motifs is 4. The van der Waals surface area contributed by atoms with Gasteiger partial charge in [-0.2, -0.15) is 0 Å². The summed E-state index contributed by atoms with van der Waals surface area (Å²) in [6.07, 6.45) is 2.02. The molecule has 0 spiro atoms. The molecule has 0 amide bonds. The minimum atomic E-state index is 0.112. The Morgan fingerprint density at radius 2 is 2.08 bits per heavy atom. The van der Waals surface area contributed by atoms with Gasteiger partial charge in [-0.15, -0.1) is 0 Å². The van der Waals surface area contributed by atoms with Crippen molar-refractivity contribution in [2.24, 2.45) is 5.92 Å². The van der Waals surface area contributed by atoms with Crippen molar-refractivity contribution in [1.29, 1.82) is 0 Å². The maximum atomic E-state index is 12.1. The van der Waals surface area contributed by atoms with Crippen LogP contribution in [0, 0.1) is 5.92 Å². The van der Waals surface area contributed by atoms with Crippen LogP contribution >= 0.6 is 0 Å². The fourth-order valence-corrected chi connectivity index (χ4v) is 4.36. The second-order valence-corrected chi connectivity index (χ2v) is 7.08. The predicted octanol–water partition coefficient (Wildman–Crippen LogP) is 2.29. The zero-order chi connectivity index (χ0) is 17.4. The molecule has 1 saturated heterocycles. The Labute approximate surface area is 146 Å². The van der Waals surface area contributed by atoms with Gasteiger partial charge < -0.3 is 9.30 Å². The van der Waals surface area contributed by atoms with Crippen LogP contribution in [0.2, 0.25) is 0 Å². The number of aldehydes is 1. The highest BCUT2D eigenvalue weighted by Gasteiger charge is 2.34. The van der Waals surface area contributed by atoms with Gasteiger partial charge in [0.25, 0.3) is 5.56 Å². The Balaban J connectivity index is 1.59. The fraction of sp³-hybridized carbons (Fsp3) is 0.400. The summed E-state index contributed by atoms with van der Waals surface area (Å²) in [6, 6.07) is 11.2. The third kappa shape index (κ3) is 3.00. The average Bonchev–Trinajstić information content (AvgIpc) is 2.62. The maximum absolute atomic E-state index is 12.1. The van der Waals surface area contributed by atoms with Crippen molar-refractivity contribution in [3.05, 3.63) is 63.6 Å². The molecule has 1 fully saturated rings. The first-order valence-electron chi connectivity index (χ1n) is 8.72. The Hall–Kier alpha value is -2.40. The van der Waals surface area contributed by atoms with Crippen molar-refractivity contribution >= 4 is 6.29 Å². The van der Waals surface area contributed by atoms with E-state index >= 15 is 0 Å². The number of hydrogen-bond donors (Lipinski definition) is 0. The lowest BCUT2D eigenvalue weighted by atomic mass is 9.83. The average molecular weight is 338 g/mol. The molecule has 0 saturated carbocycles. The first-order valence-corrected chi connectivity index (χ1v) is 8.72. The molecule has 0 unspecified atom stereocenters. The highest BCUT2D eigenvalue weighted by molar-refractivity contribution is 5.75. The van der Waals surface area contributed by atoms with Crippen LogP contribution in [0.4, 0.5) is 0 Å². The van der Waals surface area contributed by atoms with Gasteiger partial charge in [0, 0.05) is 55.0 Å². The van der Waals surface area contributed by atoms with Gasteiger partial charge in [0.1, 0.15) is 12.0 Å². The molecule has 0 N–H and O–H groups in total. The molecule has 2 aliphatic heterocycles. The minimum absolute atomic E-state index is 0.112. The monoisotopic (exact) mass is 338 g/mol. The van der Waals surface area contributed by atoms with Crippen molar-refractivity contribution in [2.45, 2.75) is 25.4 Å². The van der Waals surface area contributed by atoms with Crippen molar-refractivity contribution in [3.63, 3.8) is 0 Å². The molecular weight excluding hydrogens is 316 g/mol. The quantitative estimate of drug-likeness (QED) is 0.803. The molecule has 3 heterocycles. The number of likely N-dealkylation sites (tertiary alicyclic amines) is 1. The number of aromatic nitrogens is 1. The summed E-state index contributed by atoms with van der Waals surface area (Å²) in [5.74, 6) is 1.70. The number of hydrogen-bond acceptors (Lipinski definition) is 4. The van der Waals surface area contributed by atoms with Gasteiger partial charge >= 0.3 is 0 Å². The summed E-state index contributed by atoms with van der Waals surface area (Å²) in [7, 11) is 1.66. The maximum Gasteiger partial charge on any atom is 0.250 e. The van der Waals surface area contributed by atoms with Crippen LogP contribution in [-0.2, 0) is 13.1 Å². The van der Waals surface area contributed by atoms with E-state index in [1.54, 1.807) is 19.2 Å². The molecule has 1 aromatic heterocycles. The van der Waals surface area contributed by atoms with Gasteiger partial charge in [0.2, 0.25) is 0 Å². The normalized spacial score (nSPS) is 22.3. The summed E-state index contributed by atoms with van der Waals surface area (Å²) >= 11 is 0. The fourth-order valence-electron chi connectivity index (χ4n) is 4.36. The van der Waals surface area contributed by atoms with E-state index in [0.717, 1.165) is 55.9 Å². The first kappa shape index (κ1) is 16.1. The summed E-state index contributed by atoms with van der Waals surface area (Å²) in [4.78, 5) is 25.6. The van der Waals surface area contributed by atoms with E-state index in [0.29, 0.717) is 17.4 Å². The van der Waals surface area contributed by atoms with E-state index in [1.807, 2.05) is 22.8 Å². The van der Waals surface area contributed by atoms with Crippen molar-refractivity contribution in [1.82, 2.24) is 9.47 Å². The van der Waals surface area contributed by atoms with Crippen LogP contribution in [0.1, 0.15) is 34.0 Å². The number of rotatable bonds is 4. The van der Waals surface area contributed by atoms with Crippen LogP contribution in [-0.4, -0.2) is 36.0 Å². The number of ether oxygens (including phenoxy) is 1. The molecule has 2 aromatic rings. The predicted molar refractivity (Wildman–Crippen MR) is 95.2 cm³/mol. The second kappa shape index (κ2) is 6.48. The van der Waals surface area contributed by atoms with Crippen LogP contribution in [0.5, 0.6) is 5.75 Å². The number of benzene rings is 1. The lowest BCUT2D eigenvalue weighted by Gasteiger charge is -2.42. The van der Waals surface area contributed by atoms with Crippen molar-refractivity contribution in [3.8, 4) is 5.75 Å². The number of carbonyl (C=O) groups is 1. The zero-order valence-electron chi connectivity index (χ0n) is 14.4. The summed E-state index contributed by atoms with van der Waals surface area (Å²) < 4.78 is 7.41. The molecule has 25 heavy (non-hydrogen) atoms. The van der Waals surface area contributed by atoms with Gasteiger partial charge in [-0.1, -0.05) is 6.07 Å². The number of piperidine rings is 1. The molecule has 2 aliphatic rings. The van der Waals surface area contributed by atoms with Crippen LogP contribution in [0.25, 0.3) is 0 Å². The number of pyridine rings is 1. The standard InChI is InChI=1S/C20H22N2O3/c1-25-19-6-5-14(13-23)7-17(19)12-21-9-15-8-16(11-21)18-3-2-4-20(24)22(18)10-15/h2-7,13,15-16H,8-12H2,1H3/t15-,16-/m0/s1. The van der Waals surface area contributed by atoms with E-state index < -0.39 is 0 Å². The highest BCUT2D eigenvalue weighted by atomic mass is 16.5. The van der Waals surface area contributed by atoms with Gasteiger partial charge in [-0.05, 0) is 36.6 Å². The number of nitrogens with zero attached hydrogens (tertiary/aromatic N) is 2. The minimum Gasteiger partial charge on any atom is -0.496 e. The number of methoxy groups -OCH3 is 1. The lowest BCUT2D eigenvalue weighted by Crippen LogP contribution is -2.46. The molecule has 1 aromatic carbocycles. The van der Waals surface area contributed by atoms with Gasteiger partial charge in [-0.25, -0.2) is 0 Å². The molecule has 0 radical (unpaired) electrons. The molecule has 4 rings (SSSR count). The second-order valence-electron chi connectivity index (χ2n) is 7.08. The molecule has 5 heteroatoms. The van der Waals surface area contributed by atoms with Gasteiger partial charge in [0.05, 0.1) is 7.11 Å². The third-order valence-corrected chi connectivity index (χ3v) is 5.39. The molecule has 2 bridgehead atoms. The highest BCUT2D eigenvalue weighted by Crippen LogP contribution is 2.36. The Morgan fingerprint density at radius 3 is 2.88 bits per heavy atom. The van der Waals surface area contributed by atoms with E-state index in [2.05, 4.69) is 11.0 Å². The smallest absolute Gasteiger partial charge is 0.250 e. The van der Waals surface area contributed by atoms with Crippen LogP contribution < -0.4 is 10.3 Å². The van der Waals surface area contributed by atoms with Gasteiger partial charge in [0.15, 0.2) is 0 Å². The molecule has 0 aliphatic carbocycles. The summed E-state index contributed by atoms with van der Waals surface area (Å²) in [6.45, 7) is 3.45. The summed E-state index contributed by atoms with van der Waals surface area (Å²) in [5, 5.41) is 0. The van der Waals surface area contributed by atoms with Gasteiger partial charge in [-0.3, -0.25) is 14.5 Å². The molecular formula is C20H22N2O3. The molecule has 5 nitrogen and oxygen atoms in total. The Bertz CT molecular complexity index is 858. The number of carbonyl (C=O) groups excluding carboxylic acids is 1. The summed E-state index contributed by atoms with van der Waals surface area (Å²) in [5.41, 5.74) is 2.98. The van der Waals surface area contributed by atoms with Crippen molar-refractivity contribution in [2.75, 3.05) is 20.2 Å². The van der Waals surface area contributed by atoms with E-state index in [9.17, 15) is 9.59 Å². The van der Waals surface area contributed by atoms with E-state index in [-0.39, 0.29) is 5.56 Å². The topological polar surface area (TPSA) is 51.5 Å². The Kier molecular flexibility index (Phi) is 4.17. The van der Waals surface area contributed by atoms with E-state index in [1.165, 1.54) is 0 Å². The zero-order valence-corrected chi connectivity index (χ0v) is 14.4. The van der Waals surface area contributed by atoms with Crippen LogP contribution in [0.15, 0.2) is 41.2 Å².